The standard InChI is InChI=1S/C16H16O3/c1-11(15-6-4-5-7-16(15)17)12-8-13(18-2)10-14(9-12)19-3/h4-10,17H,1H2,2-3H3. The molecule has 0 amide bonds. The second kappa shape index (κ2) is 5.48. The normalized spacial score (nSPS) is 10.0. The molecule has 0 unspecified atom stereocenters. The average molecular weight is 256 g/mol. The van der Waals surface area contributed by atoms with E-state index in [1.54, 1.807) is 32.4 Å². The van der Waals surface area contributed by atoms with E-state index in [9.17, 15) is 5.11 Å². The Labute approximate surface area is 112 Å². The zero-order valence-electron chi connectivity index (χ0n) is 11.0. The van der Waals surface area contributed by atoms with Crippen molar-refractivity contribution in [3.63, 3.8) is 0 Å². The molecule has 0 saturated carbocycles. The molecule has 2 rings (SSSR count). The Morgan fingerprint density at radius 3 is 2.11 bits per heavy atom. The van der Waals surface area contributed by atoms with Gasteiger partial charge in [0.05, 0.1) is 14.2 Å². The van der Waals surface area contributed by atoms with Gasteiger partial charge in [-0.05, 0) is 29.3 Å². The first-order valence-electron chi connectivity index (χ1n) is 5.86. The van der Waals surface area contributed by atoms with Crippen LogP contribution in [-0.2, 0) is 0 Å². The molecule has 0 saturated heterocycles. The van der Waals surface area contributed by atoms with Crippen LogP contribution in [0.5, 0.6) is 17.2 Å². The Kier molecular flexibility index (Phi) is 3.76. The van der Waals surface area contributed by atoms with Crippen LogP contribution >= 0.6 is 0 Å². The molecule has 2 aromatic rings. The summed E-state index contributed by atoms with van der Waals surface area (Å²) in [6, 6.07) is 12.6. The van der Waals surface area contributed by atoms with Gasteiger partial charge in [0.1, 0.15) is 17.2 Å². The highest BCUT2D eigenvalue weighted by Gasteiger charge is 2.09. The van der Waals surface area contributed by atoms with Gasteiger partial charge in [-0.3, -0.25) is 0 Å². The van der Waals surface area contributed by atoms with E-state index >= 15 is 0 Å². The zero-order valence-corrected chi connectivity index (χ0v) is 11.0. The number of rotatable bonds is 4. The van der Waals surface area contributed by atoms with Crippen LogP contribution in [0.3, 0.4) is 0 Å². The van der Waals surface area contributed by atoms with Gasteiger partial charge in [0, 0.05) is 11.6 Å². The van der Waals surface area contributed by atoms with Gasteiger partial charge in [-0.1, -0.05) is 24.8 Å². The molecule has 0 radical (unpaired) electrons. The van der Waals surface area contributed by atoms with Crippen molar-refractivity contribution in [3.05, 3.63) is 60.2 Å². The van der Waals surface area contributed by atoms with Crippen LogP contribution < -0.4 is 9.47 Å². The first-order chi connectivity index (χ1) is 9.15. The number of hydrogen-bond donors (Lipinski definition) is 1. The molecule has 0 heterocycles. The van der Waals surface area contributed by atoms with Crippen LogP contribution in [0.4, 0.5) is 0 Å². The highest BCUT2D eigenvalue weighted by molar-refractivity contribution is 5.82. The number of aromatic hydroxyl groups is 1. The van der Waals surface area contributed by atoms with E-state index in [0.29, 0.717) is 17.1 Å². The van der Waals surface area contributed by atoms with Crippen molar-refractivity contribution < 1.29 is 14.6 Å². The lowest BCUT2D eigenvalue weighted by atomic mass is 9.98. The van der Waals surface area contributed by atoms with E-state index in [-0.39, 0.29) is 5.75 Å². The summed E-state index contributed by atoms with van der Waals surface area (Å²) in [5.74, 6) is 1.58. The lowest BCUT2D eigenvalue weighted by molar-refractivity contribution is 0.394. The molecule has 3 heteroatoms. The highest BCUT2D eigenvalue weighted by atomic mass is 16.5. The number of phenols is 1. The monoisotopic (exact) mass is 256 g/mol. The Morgan fingerprint density at radius 2 is 1.58 bits per heavy atom. The number of ether oxygens (including phenoxy) is 2. The number of para-hydroxylation sites is 1. The number of methoxy groups -OCH3 is 2. The Bertz CT molecular complexity index is 580. The maximum atomic E-state index is 9.87. The molecule has 19 heavy (non-hydrogen) atoms. The van der Waals surface area contributed by atoms with Gasteiger partial charge in [0.2, 0.25) is 0 Å². The number of hydrogen-bond acceptors (Lipinski definition) is 3. The van der Waals surface area contributed by atoms with Gasteiger partial charge in [0.15, 0.2) is 0 Å². The summed E-state index contributed by atoms with van der Waals surface area (Å²) in [6.45, 7) is 4.04. The SMILES string of the molecule is C=C(c1cc(OC)cc(OC)c1)c1ccccc1O. The third-order valence-electron chi connectivity index (χ3n) is 2.93. The average Bonchev–Trinajstić information content (AvgIpc) is 2.46. The predicted molar refractivity (Wildman–Crippen MR) is 75.8 cm³/mol. The van der Waals surface area contributed by atoms with Crippen molar-refractivity contribution in [2.45, 2.75) is 0 Å². The van der Waals surface area contributed by atoms with Crippen molar-refractivity contribution in [1.29, 1.82) is 0 Å². The van der Waals surface area contributed by atoms with Crippen LogP contribution in [0, 0.1) is 0 Å². The van der Waals surface area contributed by atoms with Crippen molar-refractivity contribution in [3.8, 4) is 17.2 Å². The highest BCUT2D eigenvalue weighted by Crippen LogP contribution is 2.33. The molecule has 0 aliphatic carbocycles. The smallest absolute Gasteiger partial charge is 0.123 e. The molecular weight excluding hydrogens is 240 g/mol. The molecule has 1 N–H and O–H groups in total. The minimum atomic E-state index is 0.203. The van der Waals surface area contributed by atoms with Gasteiger partial charge >= 0.3 is 0 Å². The van der Waals surface area contributed by atoms with Gasteiger partial charge in [-0.2, -0.15) is 0 Å². The summed E-state index contributed by atoms with van der Waals surface area (Å²) in [5, 5.41) is 9.87. The van der Waals surface area contributed by atoms with Crippen LogP contribution in [-0.4, -0.2) is 19.3 Å². The van der Waals surface area contributed by atoms with Crippen LogP contribution in [0.1, 0.15) is 11.1 Å². The van der Waals surface area contributed by atoms with Crippen molar-refractivity contribution >= 4 is 5.57 Å². The van der Waals surface area contributed by atoms with Crippen molar-refractivity contribution in [2.75, 3.05) is 14.2 Å². The first-order valence-corrected chi connectivity index (χ1v) is 5.86. The van der Waals surface area contributed by atoms with Crippen molar-refractivity contribution in [1.82, 2.24) is 0 Å². The molecule has 0 aromatic heterocycles. The zero-order chi connectivity index (χ0) is 13.8. The Morgan fingerprint density at radius 1 is 1.00 bits per heavy atom. The molecule has 98 valence electrons. The Balaban J connectivity index is 2.47. The summed E-state index contributed by atoms with van der Waals surface area (Å²) >= 11 is 0. The third kappa shape index (κ3) is 2.71. The van der Waals surface area contributed by atoms with Crippen molar-refractivity contribution in [2.24, 2.45) is 0 Å². The summed E-state index contributed by atoms with van der Waals surface area (Å²) in [5.41, 5.74) is 2.26. The lowest BCUT2D eigenvalue weighted by Crippen LogP contribution is -1.92. The molecule has 2 aromatic carbocycles. The Hall–Kier alpha value is -2.42. The lowest BCUT2D eigenvalue weighted by Gasteiger charge is -2.12. The van der Waals surface area contributed by atoms with Crippen LogP contribution in [0.25, 0.3) is 5.57 Å². The maximum absolute atomic E-state index is 9.87. The summed E-state index contributed by atoms with van der Waals surface area (Å²) < 4.78 is 10.5. The molecule has 0 spiro atoms. The maximum Gasteiger partial charge on any atom is 0.123 e. The summed E-state index contributed by atoms with van der Waals surface area (Å²) in [7, 11) is 3.20. The second-order valence-corrected chi connectivity index (χ2v) is 4.10. The molecule has 0 aliphatic heterocycles. The second-order valence-electron chi connectivity index (χ2n) is 4.10. The largest absolute Gasteiger partial charge is 0.507 e. The molecule has 0 atom stereocenters. The minimum Gasteiger partial charge on any atom is -0.507 e. The molecule has 0 bridgehead atoms. The molecule has 3 nitrogen and oxygen atoms in total. The fourth-order valence-electron chi connectivity index (χ4n) is 1.87. The van der Waals surface area contributed by atoms with E-state index < -0.39 is 0 Å². The fraction of sp³-hybridized carbons (Fsp3) is 0.125. The summed E-state index contributed by atoms with van der Waals surface area (Å²) in [4.78, 5) is 0. The van der Waals surface area contributed by atoms with Crippen LogP contribution in [0.15, 0.2) is 49.0 Å². The summed E-state index contributed by atoms with van der Waals surface area (Å²) in [6.07, 6.45) is 0. The third-order valence-corrected chi connectivity index (χ3v) is 2.93. The van der Waals surface area contributed by atoms with E-state index in [4.69, 9.17) is 9.47 Å². The van der Waals surface area contributed by atoms with Gasteiger partial charge < -0.3 is 14.6 Å². The van der Waals surface area contributed by atoms with Gasteiger partial charge in [-0.25, -0.2) is 0 Å². The van der Waals surface area contributed by atoms with E-state index in [0.717, 1.165) is 11.1 Å². The first kappa shape index (κ1) is 13.0. The van der Waals surface area contributed by atoms with E-state index in [1.807, 2.05) is 24.3 Å². The quantitative estimate of drug-likeness (QED) is 0.910. The minimum absolute atomic E-state index is 0.203. The number of phenolic OH excluding ortho intramolecular Hbond substituents is 1. The molecular formula is C16H16O3. The van der Waals surface area contributed by atoms with Gasteiger partial charge in [-0.15, -0.1) is 0 Å². The number of benzene rings is 2. The van der Waals surface area contributed by atoms with Crippen LogP contribution in [0.2, 0.25) is 0 Å². The predicted octanol–water partition coefficient (Wildman–Crippen LogP) is 3.47. The fourth-order valence-corrected chi connectivity index (χ4v) is 1.87. The molecule has 0 aliphatic rings. The topological polar surface area (TPSA) is 38.7 Å². The van der Waals surface area contributed by atoms with Gasteiger partial charge in [0.25, 0.3) is 0 Å². The molecule has 0 fully saturated rings. The van der Waals surface area contributed by atoms with E-state index in [1.165, 1.54) is 0 Å². The van der Waals surface area contributed by atoms with E-state index in [2.05, 4.69) is 6.58 Å².